The van der Waals surface area contributed by atoms with Gasteiger partial charge in [-0.15, -0.1) is 0 Å². The van der Waals surface area contributed by atoms with Gasteiger partial charge in [-0.2, -0.15) is 5.10 Å². The smallest absolute Gasteiger partial charge is 0.183 e. The highest BCUT2D eigenvalue weighted by Crippen LogP contribution is 2.34. The molecule has 0 bridgehead atoms. The van der Waals surface area contributed by atoms with Gasteiger partial charge in [0.2, 0.25) is 0 Å². The van der Waals surface area contributed by atoms with Crippen LogP contribution in [0.1, 0.15) is 12.8 Å². The number of nitrogens with zero attached hydrogens (tertiary/aromatic N) is 4. The van der Waals surface area contributed by atoms with Crippen molar-refractivity contribution in [1.29, 1.82) is 0 Å². The van der Waals surface area contributed by atoms with Crippen LogP contribution in [-0.2, 0) is 0 Å². The van der Waals surface area contributed by atoms with Crippen molar-refractivity contribution in [3.05, 3.63) is 53.7 Å². The van der Waals surface area contributed by atoms with Gasteiger partial charge < -0.3 is 10.1 Å². The van der Waals surface area contributed by atoms with Crippen LogP contribution in [0, 0.1) is 17.6 Å². The third kappa shape index (κ3) is 3.83. The highest BCUT2D eigenvalue weighted by atomic mass is 35.5. The molecule has 6 nitrogen and oxygen atoms in total. The maximum absolute atomic E-state index is 14.0. The molecule has 146 valence electrons. The minimum atomic E-state index is -0.710. The number of rotatable bonds is 5. The highest BCUT2D eigenvalue weighted by molar-refractivity contribution is 6.31. The van der Waals surface area contributed by atoms with Gasteiger partial charge in [-0.3, -0.25) is 0 Å². The monoisotopic (exact) mass is 405 g/mol. The summed E-state index contributed by atoms with van der Waals surface area (Å²) in [6.07, 6.45) is 6.30. The van der Waals surface area contributed by atoms with Gasteiger partial charge in [-0.1, -0.05) is 17.7 Å². The number of piperidine rings is 1. The molecule has 1 aliphatic heterocycles. The second-order valence-corrected chi connectivity index (χ2v) is 6.95. The Morgan fingerprint density at radius 1 is 1.18 bits per heavy atom. The molecule has 0 radical (unpaired) electrons. The van der Waals surface area contributed by atoms with Gasteiger partial charge >= 0.3 is 0 Å². The van der Waals surface area contributed by atoms with E-state index in [0.717, 1.165) is 30.6 Å². The van der Waals surface area contributed by atoms with E-state index in [1.807, 2.05) is 0 Å². The summed E-state index contributed by atoms with van der Waals surface area (Å²) < 4.78 is 35.2. The van der Waals surface area contributed by atoms with E-state index in [4.69, 9.17) is 16.3 Å². The second-order valence-electron chi connectivity index (χ2n) is 6.59. The van der Waals surface area contributed by atoms with E-state index in [2.05, 4.69) is 20.4 Å². The van der Waals surface area contributed by atoms with Crippen LogP contribution in [0.3, 0.4) is 0 Å². The molecule has 0 atom stereocenters. The molecule has 0 saturated carbocycles. The Morgan fingerprint density at radius 2 is 1.93 bits per heavy atom. The molecule has 0 spiro atoms. The lowest BCUT2D eigenvalue weighted by atomic mass is 9.99. The Kier molecular flexibility index (Phi) is 5.50. The number of benzene rings is 1. The predicted molar refractivity (Wildman–Crippen MR) is 101 cm³/mol. The zero-order chi connectivity index (χ0) is 19.5. The van der Waals surface area contributed by atoms with Crippen LogP contribution >= 0.6 is 11.6 Å². The fraction of sp³-hybridized carbons (Fsp3) is 0.316. The van der Waals surface area contributed by atoms with Crippen LogP contribution in [0.4, 0.5) is 8.78 Å². The zero-order valence-corrected chi connectivity index (χ0v) is 15.7. The van der Waals surface area contributed by atoms with Crippen molar-refractivity contribution in [2.45, 2.75) is 12.8 Å². The van der Waals surface area contributed by atoms with Gasteiger partial charge in [-0.25, -0.2) is 23.4 Å². The fourth-order valence-corrected chi connectivity index (χ4v) is 3.40. The molecule has 3 aromatic rings. The first-order valence-corrected chi connectivity index (χ1v) is 9.34. The van der Waals surface area contributed by atoms with Crippen molar-refractivity contribution in [3.8, 4) is 22.7 Å². The van der Waals surface area contributed by atoms with Crippen LogP contribution < -0.4 is 10.1 Å². The van der Waals surface area contributed by atoms with E-state index in [1.54, 1.807) is 0 Å². The van der Waals surface area contributed by atoms with E-state index in [1.165, 1.54) is 36.9 Å². The molecule has 4 rings (SSSR count). The summed E-state index contributed by atoms with van der Waals surface area (Å²) in [6, 6.07) is 3.65. The average molecular weight is 406 g/mol. The topological polar surface area (TPSA) is 64.9 Å². The molecular weight excluding hydrogens is 388 g/mol. The molecule has 1 fully saturated rings. The van der Waals surface area contributed by atoms with Crippen LogP contribution in [0.5, 0.6) is 5.75 Å². The molecule has 28 heavy (non-hydrogen) atoms. The number of hydrogen-bond donors (Lipinski definition) is 1. The SMILES string of the molecule is Fc1cccc(F)c1-n1cc(-c2ncnc(Cl)c2OCC2CCNCC2)cn1. The quantitative estimate of drug-likeness (QED) is 0.656. The van der Waals surface area contributed by atoms with Gasteiger partial charge in [0.05, 0.1) is 12.8 Å². The number of halogens is 3. The summed E-state index contributed by atoms with van der Waals surface area (Å²) in [5, 5.41) is 7.57. The molecule has 1 N–H and O–H groups in total. The van der Waals surface area contributed by atoms with Gasteiger partial charge in [0, 0.05) is 11.8 Å². The van der Waals surface area contributed by atoms with Crippen molar-refractivity contribution < 1.29 is 13.5 Å². The minimum Gasteiger partial charge on any atom is -0.488 e. The lowest BCUT2D eigenvalue weighted by molar-refractivity contribution is 0.215. The summed E-state index contributed by atoms with van der Waals surface area (Å²) in [4.78, 5) is 8.24. The molecule has 1 aromatic carbocycles. The molecule has 0 amide bonds. The standard InChI is InChI=1S/C19H18ClF2N5O/c20-19-18(28-10-12-4-6-23-7-5-12)16(24-11-25-19)13-8-26-27(9-13)17-14(21)2-1-3-15(17)22/h1-3,8-9,11-12,23H,4-7,10H2. The summed E-state index contributed by atoms with van der Waals surface area (Å²) in [7, 11) is 0. The average Bonchev–Trinajstić information content (AvgIpc) is 3.17. The Bertz CT molecular complexity index is 954. The Labute approximate surface area is 165 Å². The first kappa shape index (κ1) is 18.8. The van der Waals surface area contributed by atoms with Gasteiger partial charge in [-0.05, 0) is 44.0 Å². The predicted octanol–water partition coefficient (Wildman–Crippen LogP) is 3.64. The number of nitrogens with one attached hydrogen (secondary N) is 1. The third-order valence-electron chi connectivity index (χ3n) is 4.71. The molecule has 3 heterocycles. The third-order valence-corrected chi connectivity index (χ3v) is 4.97. The molecule has 0 unspecified atom stereocenters. The summed E-state index contributed by atoms with van der Waals surface area (Å²) in [5.41, 5.74) is 0.690. The summed E-state index contributed by atoms with van der Waals surface area (Å²) >= 11 is 6.24. The molecule has 0 aliphatic carbocycles. The number of aromatic nitrogens is 4. The summed E-state index contributed by atoms with van der Waals surface area (Å²) in [6.45, 7) is 2.42. The van der Waals surface area contributed by atoms with Crippen molar-refractivity contribution in [2.24, 2.45) is 5.92 Å². The van der Waals surface area contributed by atoms with Crippen LogP contribution in [0.2, 0.25) is 5.15 Å². The van der Waals surface area contributed by atoms with Crippen molar-refractivity contribution in [3.63, 3.8) is 0 Å². The van der Waals surface area contributed by atoms with E-state index in [0.29, 0.717) is 29.5 Å². The normalized spacial score (nSPS) is 15.0. The first-order valence-electron chi connectivity index (χ1n) is 8.97. The number of ether oxygens (including phenoxy) is 1. The zero-order valence-electron chi connectivity index (χ0n) is 14.9. The van der Waals surface area contributed by atoms with Gasteiger partial charge in [0.15, 0.2) is 22.5 Å². The van der Waals surface area contributed by atoms with Crippen molar-refractivity contribution >= 4 is 11.6 Å². The molecular formula is C19H18ClF2N5O. The Hall–Kier alpha value is -2.58. The molecule has 1 saturated heterocycles. The molecule has 1 aliphatic rings. The minimum absolute atomic E-state index is 0.184. The molecule has 2 aromatic heterocycles. The first-order chi connectivity index (χ1) is 13.6. The van der Waals surface area contributed by atoms with E-state index in [9.17, 15) is 8.78 Å². The van der Waals surface area contributed by atoms with Crippen LogP contribution in [-0.4, -0.2) is 39.4 Å². The van der Waals surface area contributed by atoms with Gasteiger partial charge in [0.1, 0.15) is 17.7 Å². The van der Waals surface area contributed by atoms with E-state index < -0.39 is 11.6 Å². The Morgan fingerprint density at radius 3 is 2.68 bits per heavy atom. The lowest BCUT2D eigenvalue weighted by Gasteiger charge is -2.23. The van der Waals surface area contributed by atoms with Crippen molar-refractivity contribution in [2.75, 3.05) is 19.7 Å². The maximum Gasteiger partial charge on any atom is 0.183 e. The summed E-state index contributed by atoms with van der Waals surface area (Å²) in [5.74, 6) is -0.660. The fourth-order valence-electron chi connectivity index (χ4n) is 3.21. The molecule has 9 heteroatoms. The lowest BCUT2D eigenvalue weighted by Crippen LogP contribution is -2.30. The number of hydrogen-bond acceptors (Lipinski definition) is 5. The largest absolute Gasteiger partial charge is 0.488 e. The maximum atomic E-state index is 14.0. The second kappa shape index (κ2) is 8.20. The highest BCUT2D eigenvalue weighted by Gasteiger charge is 2.20. The number of para-hydroxylation sites is 1. The van der Waals surface area contributed by atoms with Crippen molar-refractivity contribution in [1.82, 2.24) is 25.1 Å². The van der Waals surface area contributed by atoms with E-state index >= 15 is 0 Å². The van der Waals surface area contributed by atoms with Gasteiger partial charge in [0.25, 0.3) is 0 Å². The van der Waals surface area contributed by atoms with Crippen LogP contribution in [0.15, 0.2) is 36.9 Å². The van der Waals surface area contributed by atoms with E-state index in [-0.39, 0.29) is 10.8 Å². The Balaban J connectivity index is 1.63. The van der Waals surface area contributed by atoms with Crippen LogP contribution in [0.25, 0.3) is 16.9 Å².